The number of phenols is 1. The molecule has 0 saturated carbocycles. The third-order valence-electron chi connectivity index (χ3n) is 2.22. The quantitative estimate of drug-likeness (QED) is 0.663. The Balaban J connectivity index is 2.17. The van der Waals surface area contributed by atoms with Crippen LogP contribution in [0.5, 0.6) is 5.75 Å². The molecule has 0 atom stereocenters. The molecule has 94 valence electrons. The van der Waals surface area contributed by atoms with Crippen LogP contribution in [0.15, 0.2) is 41.4 Å². The van der Waals surface area contributed by atoms with Crippen molar-refractivity contribution in [2.45, 2.75) is 0 Å². The highest BCUT2D eigenvalue weighted by atomic mass is 32.1. The van der Waals surface area contributed by atoms with E-state index in [1.54, 1.807) is 23.7 Å². The molecule has 1 heterocycles. The van der Waals surface area contributed by atoms with Gasteiger partial charge >= 0.3 is 0 Å². The normalized spacial score (nSPS) is 10.8. The highest BCUT2D eigenvalue weighted by Gasteiger charge is 2.10. The molecule has 1 amide bonds. The second-order valence-electron chi connectivity index (χ2n) is 3.55. The van der Waals surface area contributed by atoms with Gasteiger partial charge < -0.3 is 5.11 Å². The fraction of sp³-hybridized carbons (Fsp3) is 0. The van der Waals surface area contributed by atoms with Gasteiger partial charge in [0.05, 0.1) is 0 Å². The van der Waals surface area contributed by atoms with Crippen LogP contribution in [0.1, 0.15) is 5.56 Å². The minimum atomic E-state index is -0.509. The molecule has 2 N–H and O–H groups in total. The zero-order valence-electron chi connectivity index (χ0n) is 9.70. The summed E-state index contributed by atoms with van der Waals surface area (Å²) in [5.41, 5.74) is 0.629. The number of amides is 1. The van der Waals surface area contributed by atoms with Gasteiger partial charge in [-0.05, 0) is 23.8 Å². The highest BCUT2D eigenvalue weighted by molar-refractivity contribution is 7.13. The molecule has 0 saturated heterocycles. The molecule has 0 aliphatic rings. The molecule has 2 rings (SSSR count). The zero-order chi connectivity index (χ0) is 13.7. The van der Waals surface area contributed by atoms with E-state index in [1.165, 1.54) is 29.5 Å². The van der Waals surface area contributed by atoms with Gasteiger partial charge in [0.15, 0.2) is 5.13 Å². The van der Waals surface area contributed by atoms with Crippen LogP contribution in [0, 0.1) is 11.3 Å². The summed E-state index contributed by atoms with van der Waals surface area (Å²) in [4.78, 5) is 15.7. The van der Waals surface area contributed by atoms with Crippen LogP contribution >= 0.6 is 11.3 Å². The molecular formula is C13H9N3O2S. The number of hydrogen-bond acceptors (Lipinski definition) is 5. The number of thiazole rings is 1. The summed E-state index contributed by atoms with van der Waals surface area (Å²) in [6.45, 7) is 0. The number of phenolic OH excluding ortho intramolecular Hbond substituents is 1. The molecule has 0 unspecified atom stereocenters. The number of carbonyl (C=O) groups is 1. The molecule has 0 aliphatic carbocycles. The molecule has 5 nitrogen and oxygen atoms in total. The van der Waals surface area contributed by atoms with E-state index in [4.69, 9.17) is 10.4 Å². The van der Waals surface area contributed by atoms with Crippen molar-refractivity contribution in [2.75, 3.05) is 5.32 Å². The lowest BCUT2D eigenvalue weighted by atomic mass is 10.1. The Morgan fingerprint density at radius 1 is 1.42 bits per heavy atom. The van der Waals surface area contributed by atoms with Gasteiger partial charge in [-0.15, -0.1) is 11.3 Å². The maximum atomic E-state index is 11.8. The maximum Gasteiger partial charge on any atom is 0.268 e. The molecule has 0 bridgehead atoms. The number of rotatable bonds is 3. The summed E-state index contributed by atoms with van der Waals surface area (Å²) in [5.74, 6) is -0.381. The number of carbonyl (C=O) groups excluding carboxylic acids is 1. The fourth-order valence-electron chi connectivity index (χ4n) is 1.34. The topological polar surface area (TPSA) is 86.0 Å². The molecule has 0 fully saturated rings. The largest absolute Gasteiger partial charge is 0.508 e. The lowest BCUT2D eigenvalue weighted by Crippen LogP contribution is -2.13. The predicted molar refractivity (Wildman–Crippen MR) is 72.4 cm³/mol. The Morgan fingerprint density at radius 3 is 2.74 bits per heavy atom. The second-order valence-corrected chi connectivity index (χ2v) is 4.45. The first-order valence-corrected chi connectivity index (χ1v) is 6.18. The maximum absolute atomic E-state index is 11.8. The summed E-state index contributed by atoms with van der Waals surface area (Å²) in [7, 11) is 0. The SMILES string of the molecule is N#C/C(=C/c1ccc(O)cc1)C(=O)Nc1nccs1. The van der Waals surface area contributed by atoms with Crippen LogP contribution in [0.4, 0.5) is 5.13 Å². The van der Waals surface area contributed by atoms with Crippen molar-refractivity contribution in [2.24, 2.45) is 0 Å². The molecule has 19 heavy (non-hydrogen) atoms. The Bertz CT molecular complexity index is 640. The molecule has 0 spiro atoms. The molecule has 1 aromatic heterocycles. The average Bonchev–Trinajstić information content (AvgIpc) is 2.90. The molecule has 6 heteroatoms. The number of nitrogens with zero attached hydrogens (tertiary/aromatic N) is 2. The minimum absolute atomic E-state index is 0.0270. The number of nitriles is 1. The Kier molecular flexibility index (Phi) is 3.90. The number of aromatic hydroxyl groups is 1. The van der Waals surface area contributed by atoms with Gasteiger partial charge in [0, 0.05) is 11.6 Å². The summed E-state index contributed by atoms with van der Waals surface area (Å²) < 4.78 is 0. The van der Waals surface area contributed by atoms with Gasteiger partial charge in [-0.3, -0.25) is 10.1 Å². The van der Waals surface area contributed by atoms with E-state index in [9.17, 15) is 4.79 Å². The smallest absolute Gasteiger partial charge is 0.268 e. The van der Waals surface area contributed by atoms with Crippen molar-refractivity contribution < 1.29 is 9.90 Å². The predicted octanol–water partition coefficient (Wildman–Crippen LogP) is 2.39. The van der Waals surface area contributed by atoms with Crippen LogP contribution in [-0.2, 0) is 4.79 Å². The summed E-state index contributed by atoms with van der Waals surface area (Å²) in [5, 5.41) is 22.9. The first-order valence-electron chi connectivity index (χ1n) is 5.31. The van der Waals surface area contributed by atoms with Gasteiger partial charge in [-0.25, -0.2) is 4.98 Å². The van der Waals surface area contributed by atoms with Crippen molar-refractivity contribution >= 4 is 28.5 Å². The number of nitrogens with one attached hydrogen (secondary N) is 1. The number of benzene rings is 1. The van der Waals surface area contributed by atoms with E-state index in [0.29, 0.717) is 10.7 Å². The third-order valence-corrected chi connectivity index (χ3v) is 2.91. The Hall–Kier alpha value is -2.65. The van der Waals surface area contributed by atoms with Crippen LogP contribution in [0.25, 0.3) is 6.08 Å². The molecule has 0 radical (unpaired) electrons. The minimum Gasteiger partial charge on any atom is -0.508 e. The molecule has 0 aliphatic heterocycles. The monoisotopic (exact) mass is 271 g/mol. The van der Waals surface area contributed by atoms with Gasteiger partial charge in [0.2, 0.25) is 0 Å². The van der Waals surface area contributed by atoms with Gasteiger partial charge in [-0.1, -0.05) is 12.1 Å². The van der Waals surface area contributed by atoms with Crippen LogP contribution < -0.4 is 5.32 Å². The van der Waals surface area contributed by atoms with E-state index in [2.05, 4.69) is 10.3 Å². The number of anilines is 1. The van der Waals surface area contributed by atoms with Crippen molar-refractivity contribution in [3.05, 3.63) is 47.0 Å². The second kappa shape index (κ2) is 5.80. The summed E-state index contributed by atoms with van der Waals surface area (Å²) >= 11 is 1.27. The van der Waals surface area contributed by atoms with Crippen LogP contribution in [0.3, 0.4) is 0 Å². The van der Waals surface area contributed by atoms with E-state index >= 15 is 0 Å². The van der Waals surface area contributed by atoms with Crippen molar-refractivity contribution in [1.29, 1.82) is 5.26 Å². The molecule has 1 aromatic carbocycles. The fourth-order valence-corrected chi connectivity index (χ4v) is 1.86. The highest BCUT2D eigenvalue weighted by Crippen LogP contribution is 2.15. The van der Waals surface area contributed by atoms with E-state index in [-0.39, 0.29) is 11.3 Å². The Labute approximate surface area is 113 Å². The molecular weight excluding hydrogens is 262 g/mol. The third kappa shape index (κ3) is 3.40. The lowest BCUT2D eigenvalue weighted by molar-refractivity contribution is -0.112. The van der Waals surface area contributed by atoms with Gasteiger partial charge in [0.25, 0.3) is 5.91 Å². The van der Waals surface area contributed by atoms with Crippen LogP contribution in [-0.4, -0.2) is 16.0 Å². The molecule has 2 aromatic rings. The van der Waals surface area contributed by atoms with E-state index in [0.717, 1.165) is 0 Å². The van der Waals surface area contributed by atoms with E-state index in [1.807, 2.05) is 6.07 Å². The number of aromatic nitrogens is 1. The van der Waals surface area contributed by atoms with Gasteiger partial charge in [-0.2, -0.15) is 5.26 Å². The summed E-state index contributed by atoms with van der Waals surface area (Å²) in [6.07, 6.45) is 3.01. The van der Waals surface area contributed by atoms with Crippen LogP contribution in [0.2, 0.25) is 0 Å². The zero-order valence-corrected chi connectivity index (χ0v) is 10.5. The first-order chi connectivity index (χ1) is 9.19. The van der Waals surface area contributed by atoms with Crippen molar-refractivity contribution in [3.63, 3.8) is 0 Å². The Morgan fingerprint density at radius 2 is 2.16 bits per heavy atom. The van der Waals surface area contributed by atoms with Crippen molar-refractivity contribution in [3.8, 4) is 11.8 Å². The first kappa shape index (κ1) is 12.8. The number of hydrogen-bond donors (Lipinski definition) is 2. The van der Waals surface area contributed by atoms with E-state index < -0.39 is 5.91 Å². The van der Waals surface area contributed by atoms with Crippen molar-refractivity contribution in [1.82, 2.24) is 4.98 Å². The average molecular weight is 271 g/mol. The standard InChI is InChI=1S/C13H9N3O2S/c14-8-10(7-9-1-3-11(17)4-2-9)12(18)16-13-15-5-6-19-13/h1-7,17H,(H,15,16,18)/b10-7-. The lowest BCUT2D eigenvalue weighted by Gasteiger charge is -2.00. The summed E-state index contributed by atoms with van der Waals surface area (Å²) in [6, 6.07) is 8.04. The van der Waals surface area contributed by atoms with Gasteiger partial charge in [0.1, 0.15) is 17.4 Å².